The van der Waals surface area contributed by atoms with Crippen LogP contribution in [0.1, 0.15) is 22.7 Å². The van der Waals surface area contributed by atoms with Gasteiger partial charge in [0.15, 0.2) is 0 Å². The SMILES string of the molecule is O=C(Cc1ccc(-n2cccn2)cc1)NC(c1ccccc1)c1ccncc1. The van der Waals surface area contributed by atoms with Crippen molar-refractivity contribution in [2.45, 2.75) is 12.5 Å². The summed E-state index contributed by atoms with van der Waals surface area (Å²) in [7, 11) is 0. The van der Waals surface area contributed by atoms with Crippen LogP contribution in [0, 0.1) is 0 Å². The number of benzene rings is 2. The summed E-state index contributed by atoms with van der Waals surface area (Å²) >= 11 is 0. The third kappa shape index (κ3) is 4.15. The van der Waals surface area contributed by atoms with Crippen LogP contribution in [0.3, 0.4) is 0 Å². The molecule has 5 heteroatoms. The van der Waals surface area contributed by atoms with Crippen LogP contribution < -0.4 is 5.32 Å². The first-order valence-electron chi connectivity index (χ1n) is 9.13. The number of carbonyl (C=O) groups excluding carboxylic acids is 1. The molecule has 0 radical (unpaired) electrons. The Morgan fingerprint density at radius 3 is 2.25 bits per heavy atom. The Morgan fingerprint density at radius 2 is 1.57 bits per heavy atom. The normalized spacial score (nSPS) is 11.7. The first kappa shape index (κ1) is 17.7. The van der Waals surface area contributed by atoms with E-state index in [2.05, 4.69) is 15.4 Å². The summed E-state index contributed by atoms with van der Waals surface area (Å²) < 4.78 is 1.79. The van der Waals surface area contributed by atoms with E-state index in [1.807, 2.05) is 79.0 Å². The molecule has 0 aliphatic carbocycles. The number of hydrogen-bond acceptors (Lipinski definition) is 3. The Bertz CT molecular complexity index is 974. The third-order valence-corrected chi connectivity index (χ3v) is 4.55. The molecule has 138 valence electrons. The molecule has 2 heterocycles. The van der Waals surface area contributed by atoms with Crippen molar-refractivity contribution in [2.24, 2.45) is 0 Å². The highest BCUT2D eigenvalue weighted by molar-refractivity contribution is 5.79. The summed E-state index contributed by atoms with van der Waals surface area (Å²) in [6.07, 6.45) is 7.43. The van der Waals surface area contributed by atoms with Gasteiger partial charge in [-0.2, -0.15) is 5.10 Å². The van der Waals surface area contributed by atoms with Gasteiger partial charge >= 0.3 is 0 Å². The number of aromatic nitrogens is 3. The molecule has 0 aliphatic heterocycles. The van der Waals surface area contributed by atoms with Gasteiger partial charge in [0.2, 0.25) is 5.91 Å². The van der Waals surface area contributed by atoms with Crippen LogP contribution in [0.2, 0.25) is 0 Å². The monoisotopic (exact) mass is 368 g/mol. The number of nitrogens with one attached hydrogen (secondary N) is 1. The first-order valence-corrected chi connectivity index (χ1v) is 9.13. The van der Waals surface area contributed by atoms with E-state index >= 15 is 0 Å². The first-order chi connectivity index (χ1) is 13.8. The Kier molecular flexibility index (Phi) is 5.24. The van der Waals surface area contributed by atoms with Crippen LogP contribution in [0.5, 0.6) is 0 Å². The number of carbonyl (C=O) groups is 1. The molecule has 1 atom stereocenters. The van der Waals surface area contributed by atoms with E-state index in [0.29, 0.717) is 6.42 Å². The van der Waals surface area contributed by atoms with E-state index in [0.717, 1.165) is 22.4 Å². The van der Waals surface area contributed by atoms with E-state index in [-0.39, 0.29) is 11.9 Å². The van der Waals surface area contributed by atoms with Gasteiger partial charge in [0, 0.05) is 24.8 Å². The van der Waals surface area contributed by atoms with E-state index in [1.165, 1.54) is 0 Å². The average Bonchev–Trinajstić information content (AvgIpc) is 3.29. The van der Waals surface area contributed by atoms with E-state index < -0.39 is 0 Å². The van der Waals surface area contributed by atoms with Gasteiger partial charge in [-0.3, -0.25) is 9.78 Å². The summed E-state index contributed by atoms with van der Waals surface area (Å²) in [5.41, 5.74) is 3.96. The predicted molar refractivity (Wildman–Crippen MR) is 108 cm³/mol. The quantitative estimate of drug-likeness (QED) is 0.564. The Hall–Kier alpha value is -3.73. The van der Waals surface area contributed by atoms with Gasteiger partial charge in [0.05, 0.1) is 18.2 Å². The molecular weight excluding hydrogens is 348 g/mol. The van der Waals surface area contributed by atoms with E-state index in [1.54, 1.807) is 23.3 Å². The molecule has 0 saturated heterocycles. The smallest absolute Gasteiger partial charge is 0.225 e. The molecule has 0 fully saturated rings. The van der Waals surface area contributed by atoms with Crippen molar-refractivity contribution >= 4 is 5.91 Å². The van der Waals surface area contributed by atoms with Crippen molar-refractivity contribution in [3.05, 3.63) is 114 Å². The molecule has 0 saturated carbocycles. The van der Waals surface area contributed by atoms with Gasteiger partial charge in [-0.25, -0.2) is 4.68 Å². The van der Waals surface area contributed by atoms with Crippen molar-refractivity contribution in [1.82, 2.24) is 20.1 Å². The Morgan fingerprint density at radius 1 is 0.857 bits per heavy atom. The minimum absolute atomic E-state index is 0.0301. The van der Waals surface area contributed by atoms with Gasteiger partial charge in [-0.1, -0.05) is 42.5 Å². The molecular formula is C23H20N4O. The minimum Gasteiger partial charge on any atom is -0.345 e. The fraction of sp³-hybridized carbons (Fsp3) is 0.0870. The van der Waals surface area contributed by atoms with Crippen LogP contribution in [-0.2, 0) is 11.2 Å². The maximum absolute atomic E-state index is 12.7. The molecule has 0 bridgehead atoms. The summed E-state index contributed by atoms with van der Waals surface area (Å²) in [5, 5.41) is 7.37. The molecule has 28 heavy (non-hydrogen) atoms. The lowest BCUT2D eigenvalue weighted by atomic mass is 9.99. The summed E-state index contributed by atoms with van der Waals surface area (Å²) in [6, 6.07) is 23.3. The molecule has 1 unspecified atom stereocenters. The summed E-state index contributed by atoms with van der Waals surface area (Å²) in [5.74, 6) is -0.0301. The number of nitrogens with zero attached hydrogens (tertiary/aromatic N) is 3. The molecule has 4 aromatic rings. The van der Waals surface area contributed by atoms with Gasteiger partial charge in [-0.05, 0) is 47.0 Å². The second-order valence-electron chi connectivity index (χ2n) is 6.49. The second kappa shape index (κ2) is 8.31. The lowest BCUT2D eigenvalue weighted by Gasteiger charge is -2.20. The minimum atomic E-state index is -0.208. The second-order valence-corrected chi connectivity index (χ2v) is 6.49. The van der Waals surface area contributed by atoms with Gasteiger partial charge in [0.1, 0.15) is 0 Å². The maximum atomic E-state index is 12.7. The summed E-state index contributed by atoms with van der Waals surface area (Å²) in [4.78, 5) is 16.8. The number of rotatable bonds is 6. The molecule has 1 amide bonds. The highest BCUT2D eigenvalue weighted by Crippen LogP contribution is 2.21. The molecule has 2 aromatic heterocycles. The molecule has 0 spiro atoms. The van der Waals surface area contributed by atoms with Crippen LogP contribution >= 0.6 is 0 Å². The highest BCUT2D eigenvalue weighted by atomic mass is 16.1. The molecule has 5 nitrogen and oxygen atoms in total. The lowest BCUT2D eigenvalue weighted by Crippen LogP contribution is -2.30. The number of amides is 1. The van der Waals surface area contributed by atoms with Gasteiger partial charge in [-0.15, -0.1) is 0 Å². The van der Waals surface area contributed by atoms with Crippen molar-refractivity contribution < 1.29 is 4.79 Å². The number of pyridine rings is 1. The largest absolute Gasteiger partial charge is 0.345 e. The molecule has 2 aromatic carbocycles. The average molecular weight is 368 g/mol. The lowest BCUT2D eigenvalue weighted by molar-refractivity contribution is -0.120. The standard InChI is InChI=1S/C23H20N4O/c28-22(17-18-7-9-21(10-8-18)27-16-4-13-25-27)26-23(19-5-2-1-3-6-19)20-11-14-24-15-12-20/h1-16,23H,17H2,(H,26,28). The van der Waals surface area contributed by atoms with Crippen molar-refractivity contribution in [1.29, 1.82) is 0 Å². The Labute approximate surface area is 163 Å². The van der Waals surface area contributed by atoms with Gasteiger partial charge in [0.25, 0.3) is 0 Å². The zero-order valence-corrected chi connectivity index (χ0v) is 15.3. The fourth-order valence-electron chi connectivity index (χ4n) is 3.15. The van der Waals surface area contributed by atoms with Crippen LogP contribution in [0.4, 0.5) is 0 Å². The van der Waals surface area contributed by atoms with Gasteiger partial charge < -0.3 is 5.32 Å². The van der Waals surface area contributed by atoms with E-state index in [4.69, 9.17) is 0 Å². The summed E-state index contributed by atoms with van der Waals surface area (Å²) in [6.45, 7) is 0. The Balaban J connectivity index is 1.49. The fourth-order valence-corrected chi connectivity index (χ4v) is 3.15. The predicted octanol–water partition coefficient (Wildman–Crippen LogP) is 3.72. The van der Waals surface area contributed by atoms with Crippen LogP contribution in [0.25, 0.3) is 5.69 Å². The zero-order chi connectivity index (χ0) is 19.2. The number of hydrogen-bond donors (Lipinski definition) is 1. The topological polar surface area (TPSA) is 59.8 Å². The molecule has 0 aliphatic rings. The van der Waals surface area contributed by atoms with Crippen LogP contribution in [-0.4, -0.2) is 20.7 Å². The molecule has 1 N–H and O–H groups in total. The van der Waals surface area contributed by atoms with E-state index in [9.17, 15) is 4.79 Å². The third-order valence-electron chi connectivity index (χ3n) is 4.55. The maximum Gasteiger partial charge on any atom is 0.225 e. The highest BCUT2D eigenvalue weighted by Gasteiger charge is 2.16. The van der Waals surface area contributed by atoms with Crippen molar-refractivity contribution in [3.63, 3.8) is 0 Å². The van der Waals surface area contributed by atoms with Crippen molar-refractivity contribution in [2.75, 3.05) is 0 Å². The molecule has 4 rings (SSSR count). The van der Waals surface area contributed by atoms with Crippen molar-refractivity contribution in [3.8, 4) is 5.69 Å². The zero-order valence-electron chi connectivity index (χ0n) is 15.3. The van der Waals surface area contributed by atoms with Crippen LogP contribution in [0.15, 0.2) is 97.6 Å².